The molecule has 164 valence electrons. The van der Waals surface area contributed by atoms with E-state index < -0.39 is 29.7 Å². The number of carboxylic acids is 1. The highest BCUT2D eigenvalue weighted by molar-refractivity contribution is 5.83. The Labute approximate surface area is 184 Å². The highest BCUT2D eigenvalue weighted by Crippen LogP contribution is 2.44. The van der Waals surface area contributed by atoms with E-state index in [4.69, 9.17) is 4.74 Å². The molecule has 0 saturated carbocycles. The van der Waals surface area contributed by atoms with Crippen LogP contribution in [-0.2, 0) is 9.53 Å². The smallest absolute Gasteiger partial charge is 0.410 e. The molecule has 3 aromatic carbocycles. The first-order chi connectivity index (χ1) is 15.4. The van der Waals surface area contributed by atoms with Crippen LogP contribution >= 0.6 is 0 Å². The lowest BCUT2D eigenvalue weighted by molar-refractivity contribution is -0.143. The zero-order valence-corrected chi connectivity index (χ0v) is 17.4. The molecule has 3 aromatic rings. The minimum absolute atomic E-state index is 0.0103. The fourth-order valence-electron chi connectivity index (χ4n) is 4.27. The number of phenols is 1. The molecule has 1 unspecified atom stereocenters. The fourth-order valence-corrected chi connectivity index (χ4v) is 4.27. The van der Waals surface area contributed by atoms with Gasteiger partial charge in [0.1, 0.15) is 18.2 Å². The first-order valence-corrected chi connectivity index (χ1v) is 10.2. The number of halogens is 1. The molecule has 0 aromatic heterocycles. The summed E-state index contributed by atoms with van der Waals surface area (Å²) in [5.74, 6) is -2.71. The van der Waals surface area contributed by atoms with Crippen LogP contribution in [0.5, 0.6) is 5.75 Å². The molecule has 0 bridgehead atoms. The van der Waals surface area contributed by atoms with Gasteiger partial charge in [0.05, 0.1) is 0 Å². The molecule has 4 rings (SSSR count). The molecule has 7 heteroatoms. The average molecular weight is 435 g/mol. The van der Waals surface area contributed by atoms with E-state index in [9.17, 15) is 24.2 Å². The second kappa shape index (κ2) is 8.70. The van der Waals surface area contributed by atoms with E-state index in [0.29, 0.717) is 0 Å². The van der Waals surface area contributed by atoms with Crippen molar-refractivity contribution in [3.63, 3.8) is 0 Å². The second-order valence-corrected chi connectivity index (χ2v) is 7.53. The summed E-state index contributed by atoms with van der Waals surface area (Å²) in [6, 6.07) is 17.1. The maximum atomic E-state index is 13.7. The number of aromatic hydroxyl groups is 1. The molecule has 0 fully saturated rings. The van der Waals surface area contributed by atoms with Crippen molar-refractivity contribution >= 4 is 12.1 Å². The van der Waals surface area contributed by atoms with Crippen molar-refractivity contribution in [3.8, 4) is 16.9 Å². The Morgan fingerprint density at radius 1 is 1.03 bits per heavy atom. The molecule has 2 N–H and O–H groups in total. The number of rotatable bonds is 6. The van der Waals surface area contributed by atoms with Crippen molar-refractivity contribution in [3.05, 3.63) is 89.2 Å². The molecule has 1 amide bonds. The number of ether oxygens (including phenoxy) is 1. The first kappa shape index (κ1) is 21.4. The Balaban J connectivity index is 1.59. The Morgan fingerprint density at radius 3 is 2.19 bits per heavy atom. The maximum absolute atomic E-state index is 13.7. The Bertz CT molecular complexity index is 1130. The van der Waals surface area contributed by atoms with Gasteiger partial charge in [-0.3, -0.25) is 4.90 Å². The lowest BCUT2D eigenvalue weighted by atomic mass is 9.98. The highest BCUT2D eigenvalue weighted by atomic mass is 19.1. The van der Waals surface area contributed by atoms with Crippen molar-refractivity contribution in [2.45, 2.75) is 18.9 Å². The molecule has 0 aliphatic heterocycles. The van der Waals surface area contributed by atoms with Gasteiger partial charge in [0.25, 0.3) is 0 Å². The number of likely N-dealkylation sites (N-methyl/N-ethyl adjacent to an activating group) is 1. The topological polar surface area (TPSA) is 87.1 Å². The van der Waals surface area contributed by atoms with E-state index in [1.54, 1.807) is 6.92 Å². The molecule has 1 aliphatic carbocycles. The summed E-state index contributed by atoms with van der Waals surface area (Å²) in [5, 5.41) is 19.8. The normalized spacial score (nSPS) is 13.2. The van der Waals surface area contributed by atoms with Gasteiger partial charge in [-0.2, -0.15) is 0 Å². The summed E-state index contributed by atoms with van der Waals surface area (Å²) in [6.07, 6.45) is -0.856. The molecular formula is C25H22FNO5. The van der Waals surface area contributed by atoms with Gasteiger partial charge in [0, 0.05) is 18.0 Å². The van der Waals surface area contributed by atoms with E-state index in [1.807, 2.05) is 48.5 Å². The van der Waals surface area contributed by atoms with Crippen LogP contribution in [0.3, 0.4) is 0 Å². The van der Waals surface area contributed by atoms with Gasteiger partial charge in [0.15, 0.2) is 6.04 Å². The van der Waals surface area contributed by atoms with Crippen molar-refractivity contribution in [1.82, 2.24) is 4.90 Å². The molecule has 0 heterocycles. The van der Waals surface area contributed by atoms with Crippen LogP contribution in [-0.4, -0.2) is 40.3 Å². The number of amides is 1. The molecule has 6 nitrogen and oxygen atoms in total. The molecular weight excluding hydrogens is 413 g/mol. The Morgan fingerprint density at radius 2 is 1.62 bits per heavy atom. The Kier molecular flexibility index (Phi) is 5.81. The standard InChI is InChI=1S/C25H22FNO5/c1-2-27(23(24(29)30)20-13-15(26)11-12-22(20)28)25(31)32-14-21-18-9-5-3-7-16(18)17-8-4-6-10-19(17)21/h3-13,21,23,28H,2,14H2,1H3,(H,29,30). The third-order valence-corrected chi connectivity index (χ3v) is 5.74. The van der Waals surface area contributed by atoms with Gasteiger partial charge in [-0.05, 0) is 47.4 Å². The predicted molar refractivity (Wildman–Crippen MR) is 116 cm³/mol. The summed E-state index contributed by atoms with van der Waals surface area (Å²) in [6.45, 7) is 1.60. The number of nitrogens with zero attached hydrogens (tertiary/aromatic N) is 1. The number of carbonyl (C=O) groups excluding carboxylic acids is 1. The van der Waals surface area contributed by atoms with Crippen LogP contribution in [0.25, 0.3) is 11.1 Å². The van der Waals surface area contributed by atoms with Crippen LogP contribution in [0.2, 0.25) is 0 Å². The van der Waals surface area contributed by atoms with Gasteiger partial charge in [-0.15, -0.1) is 0 Å². The molecule has 32 heavy (non-hydrogen) atoms. The van der Waals surface area contributed by atoms with Crippen LogP contribution in [0.4, 0.5) is 9.18 Å². The van der Waals surface area contributed by atoms with Gasteiger partial charge < -0.3 is 14.9 Å². The van der Waals surface area contributed by atoms with E-state index in [1.165, 1.54) is 0 Å². The zero-order valence-electron chi connectivity index (χ0n) is 17.4. The van der Waals surface area contributed by atoms with Gasteiger partial charge >= 0.3 is 12.1 Å². The van der Waals surface area contributed by atoms with Crippen molar-refractivity contribution in [2.75, 3.05) is 13.2 Å². The minimum atomic E-state index is -1.59. The van der Waals surface area contributed by atoms with E-state index in [0.717, 1.165) is 45.4 Å². The van der Waals surface area contributed by atoms with Crippen LogP contribution in [0.1, 0.15) is 35.6 Å². The molecule has 1 aliphatic rings. The number of aliphatic carboxylic acids is 1. The number of phenolic OH excluding ortho intramolecular Hbond substituents is 1. The third kappa shape index (κ3) is 3.77. The van der Waals surface area contributed by atoms with Crippen molar-refractivity contribution in [1.29, 1.82) is 0 Å². The third-order valence-electron chi connectivity index (χ3n) is 5.74. The molecule has 0 radical (unpaired) electrons. The lowest BCUT2D eigenvalue weighted by Crippen LogP contribution is -2.39. The SMILES string of the molecule is CCN(C(=O)OCC1c2ccccc2-c2ccccc21)C(C(=O)O)c1cc(F)ccc1O. The minimum Gasteiger partial charge on any atom is -0.508 e. The molecule has 0 spiro atoms. The average Bonchev–Trinajstić information content (AvgIpc) is 3.11. The van der Waals surface area contributed by atoms with Crippen molar-refractivity contribution < 1.29 is 28.9 Å². The summed E-state index contributed by atoms with van der Waals surface area (Å²) >= 11 is 0. The summed E-state index contributed by atoms with van der Waals surface area (Å²) < 4.78 is 19.3. The Hall–Kier alpha value is -3.87. The van der Waals surface area contributed by atoms with Gasteiger partial charge in [0.2, 0.25) is 0 Å². The van der Waals surface area contributed by atoms with Crippen LogP contribution in [0.15, 0.2) is 66.7 Å². The summed E-state index contributed by atoms with van der Waals surface area (Å²) in [5.41, 5.74) is 3.99. The van der Waals surface area contributed by atoms with E-state index >= 15 is 0 Å². The number of carbonyl (C=O) groups is 2. The summed E-state index contributed by atoms with van der Waals surface area (Å²) in [7, 11) is 0. The van der Waals surface area contributed by atoms with Crippen molar-refractivity contribution in [2.24, 2.45) is 0 Å². The molecule has 1 atom stereocenters. The molecule has 0 saturated heterocycles. The number of hydrogen-bond acceptors (Lipinski definition) is 4. The maximum Gasteiger partial charge on any atom is 0.410 e. The summed E-state index contributed by atoms with van der Waals surface area (Å²) in [4.78, 5) is 25.9. The lowest BCUT2D eigenvalue weighted by Gasteiger charge is -2.28. The van der Waals surface area contributed by atoms with Gasteiger partial charge in [-0.25, -0.2) is 14.0 Å². The number of carboxylic acid groups (broad SMARTS) is 1. The number of fused-ring (bicyclic) bond motifs is 3. The monoisotopic (exact) mass is 435 g/mol. The van der Waals surface area contributed by atoms with E-state index in [2.05, 4.69) is 0 Å². The number of benzene rings is 3. The van der Waals surface area contributed by atoms with E-state index in [-0.39, 0.29) is 24.6 Å². The second-order valence-electron chi connectivity index (χ2n) is 7.53. The quantitative estimate of drug-likeness (QED) is 0.573. The predicted octanol–water partition coefficient (Wildman–Crippen LogP) is 4.93. The largest absolute Gasteiger partial charge is 0.508 e. The highest BCUT2D eigenvalue weighted by Gasteiger charge is 2.35. The van der Waals surface area contributed by atoms with Crippen LogP contribution < -0.4 is 0 Å². The first-order valence-electron chi connectivity index (χ1n) is 10.2. The fraction of sp³-hybridized carbons (Fsp3) is 0.200. The zero-order chi connectivity index (χ0) is 22.8. The van der Waals surface area contributed by atoms with Crippen LogP contribution in [0, 0.1) is 5.82 Å². The van der Waals surface area contributed by atoms with Gasteiger partial charge in [-0.1, -0.05) is 48.5 Å². The number of hydrogen-bond donors (Lipinski definition) is 2.